The highest BCUT2D eigenvalue weighted by atomic mass is 19.4. The zero-order valence-corrected chi connectivity index (χ0v) is 15.1. The van der Waals surface area contributed by atoms with Gasteiger partial charge in [-0.05, 0) is 18.2 Å². The van der Waals surface area contributed by atoms with E-state index in [9.17, 15) is 22.8 Å². The van der Waals surface area contributed by atoms with Crippen molar-refractivity contribution in [1.82, 2.24) is 9.80 Å². The smallest absolute Gasteiger partial charge is 0.467 e. The Morgan fingerprint density at radius 2 is 2.04 bits per heavy atom. The van der Waals surface area contributed by atoms with Crippen LogP contribution in [0.5, 0.6) is 5.75 Å². The molecule has 0 bridgehead atoms. The summed E-state index contributed by atoms with van der Waals surface area (Å²) in [5, 5.41) is 0. The standard InChI is InChI=1S/C19H19F3N2O4/c1-23(10-13-5-2-3-7-16(13)28-19(20,21)22)18(26)14-9-17(25)24(11-14)12-15-6-4-8-27-15/h2-8,14H,9-12H2,1H3. The average molecular weight is 396 g/mol. The molecule has 3 rings (SSSR count). The first-order valence-electron chi connectivity index (χ1n) is 8.61. The maximum Gasteiger partial charge on any atom is 0.573 e. The third kappa shape index (κ3) is 4.85. The summed E-state index contributed by atoms with van der Waals surface area (Å²) in [6.07, 6.45) is -3.25. The zero-order chi connectivity index (χ0) is 20.3. The second kappa shape index (κ2) is 7.95. The average Bonchev–Trinajstić information content (AvgIpc) is 3.25. The van der Waals surface area contributed by atoms with Crippen LogP contribution >= 0.6 is 0 Å². The number of nitrogens with zero attached hydrogens (tertiary/aromatic N) is 2. The molecule has 1 fully saturated rings. The quantitative estimate of drug-likeness (QED) is 0.753. The third-order valence-electron chi connectivity index (χ3n) is 4.47. The van der Waals surface area contributed by atoms with Gasteiger partial charge >= 0.3 is 6.36 Å². The van der Waals surface area contributed by atoms with Crippen LogP contribution in [0, 0.1) is 5.92 Å². The van der Waals surface area contributed by atoms with Crippen molar-refractivity contribution in [2.75, 3.05) is 13.6 Å². The Morgan fingerprint density at radius 1 is 1.29 bits per heavy atom. The van der Waals surface area contributed by atoms with Crippen LogP contribution in [0.1, 0.15) is 17.7 Å². The number of carbonyl (C=O) groups is 2. The second-order valence-electron chi connectivity index (χ2n) is 6.60. The molecular weight excluding hydrogens is 377 g/mol. The van der Waals surface area contributed by atoms with E-state index in [1.807, 2.05) is 0 Å². The number of hydrogen-bond acceptors (Lipinski definition) is 4. The second-order valence-corrected chi connectivity index (χ2v) is 6.60. The molecule has 0 N–H and O–H groups in total. The molecule has 1 aliphatic rings. The molecule has 2 aromatic rings. The molecule has 9 heteroatoms. The first kappa shape index (κ1) is 19.8. The van der Waals surface area contributed by atoms with Gasteiger partial charge in [-0.2, -0.15) is 0 Å². The molecular formula is C19H19F3N2O4. The molecule has 1 saturated heterocycles. The number of likely N-dealkylation sites (tertiary alicyclic amines) is 1. The molecule has 0 spiro atoms. The van der Waals surface area contributed by atoms with Crippen LogP contribution < -0.4 is 4.74 Å². The van der Waals surface area contributed by atoms with Crippen LogP contribution in [0.4, 0.5) is 13.2 Å². The van der Waals surface area contributed by atoms with Crippen LogP contribution in [-0.4, -0.2) is 41.6 Å². The number of carbonyl (C=O) groups excluding carboxylic acids is 2. The lowest BCUT2D eigenvalue weighted by Crippen LogP contribution is -2.34. The fraction of sp³-hybridized carbons (Fsp3) is 0.368. The molecule has 1 unspecified atom stereocenters. The van der Waals surface area contributed by atoms with Gasteiger partial charge in [0, 0.05) is 32.1 Å². The minimum atomic E-state index is -4.82. The lowest BCUT2D eigenvalue weighted by atomic mass is 10.1. The predicted molar refractivity (Wildman–Crippen MR) is 91.8 cm³/mol. The number of halogens is 3. The van der Waals surface area contributed by atoms with Gasteiger partial charge in [0.25, 0.3) is 0 Å². The van der Waals surface area contributed by atoms with Crippen molar-refractivity contribution in [2.24, 2.45) is 5.92 Å². The monoisotopic (exact) mass is 396 g/mol. The van der Waals surface area contributed by atoms with E-state index in [1.165, 1.54) is 41.3 Å². The number of benzene rings is 1. The van der Waals surface area contributed by atoms with E-state index < -0.39 is 12.3 Å². The van der Waals surface area contributed by atoms with Crippen LogP contribution in [0.25, 0.3) is 0 Å². The highest BCUT2D eigenvalue weighted by Gasteiger charge is 2.36. The maximum atomic E-state index is 12.7. The summed E-state index contributed by atoms with van der Waals surface area (Å²) in [7, 11) is 1.49. The molecule has 0 radical (unpaired) electrons. The molecule has 1 atom stereocenters. The number of amides is 2. The first-order valence-corrected chi connectivity index (χ1v) is 8.61. The summed E-state index contributed by atoms with van der Waals surface area (Å²) >= 11 is 0. The van der Waals surface area contributed by atoms with E-state index in [1.54, 1.807) is 18.2 Å². The lowest BCUT2D eigenvalue weighted by Gasteiger charge is -2.22. The number of ether oxygens (including phenoxy) is 1. The highest BCUT2D eigenvalue weighted by Crippen LogP contribution is 2.28. The highest BCUT2D eigenvalue weighted by molar-refractivity contribution is 5.89. The van der Waals surface area contributed by atoms with Gasteiger partial charge in [-0.1, -0.05) is 18.2 Å². The summed E-state index contributed by atoms with van der Waals surface area (Å²) in [6, 6.07) is 9.12. The Hall–Kier alpha value is -2.97. The normalized spacial score (nSPS) is 17.1. The van der Waals surface area contributed by atoms with Gasteiger partial charge < -0.3 is 19.0 Å². The molecule has 2 heterocycles. The van der Waals surface area contributed by atoms with E-state index in [0.717, 1.165) is 0 Å². The van der Waals surface area contributed by atoms with Gasteiger partial charge in [-0.3, -0.25) is 9.59 Å². The van der Waals surface area contributed by atoms with Crippen molar-refractivity contribution in [1.29, 1.82) is 0 Å². The SMILES string of the molecule is CN(Cc1ccccc1OC(F)(F)F)C(=O)C1CC(=O)N(Cc2ccco2)C1. The maximum absolute atomic E-state index is 12.7. The molecule has 1 aliphatic heterocycles. The van der Waals surface area contributed by atoms with Crippen LogP contribution in [0.15, 0.2) is 47.1 Å². The van der Waals surface area contributed by atoms with Gasteiger partial charge in [0.05, 0.1) is 18.7 Å². The summed E-state index contributed by atoms with van der Waals surface area (Å²) < 4.78 is 46.9. The van der Waals surface area contributed by atoms with Gasteiger partial charge in [0.15, 0.2) is 0 Å². The molecule has 2 amide bonds. The Bertz CT molecular complexity index is 836. The number of alkyl halides is 3. The van der Waals surface area contributed by atoms with Gasteiger partial charge in [0.1, 0.15) is 11.5 Å². The Kier molecular flexibility index (Phi) is 5.62. The largest absolute Gasteiger partial charge is 0.573 e. The van der Waals surface area contributed by atoms with Gasteiger partial charge in [-0.25, -0.2) is 0 Å². The summed E-state index contributed by atoms with van der Waals surface area (Å²) in [4.78, 5) is 27.7. The topological polar surface area (TPSA) is 63.0 Å². The molecule has 28 heavy (non-hydrogen) atoms. The van der Waals surface area contributed by atoms with Crippen molar-refractivity contribution in [3.63, 3.8) is 0 Å². The zero-order valence-electron chi connectivity index (χ0n) is 15.1. The molecule has 1 aromatic carbocycles. The first-order chi connectivity index (χ1) is 13.2. The lowest BCUT2D eigenvalue weighted by molar-refractivity contribution is -0.275. The number of para-hydroxylation sites is 1. The summed E-state index contributed by atoms with van der Waals surface area (Å²) in [5.41, 5.74) is 0.229. The van der Waals surface area contributed by atoms with Crippen molar-refractivity contribution in [2.45, 2.75) is 25.9 Å². The van der Waals surface area contributed by atoms with Crippen molar-refractivity contribution in [3.8, 4) is 5.75 Å². The van der Waals surface area contributed by atoms with Gasteiger partial charge in [-0.15, -0.1) is 13.2 Å². The van der Waals surface area contributed by atoms with Crippen LogP contribution in [0.2, 0.25) is 0 Å². The Morgan fingerprint density at radius 3 is 2.71 bits per heavy atom. The molecule has 0 saturated carbocycles. The minimum Gasteiger partial charge on any atom is -0.467 e. The van der Waals surface area contributed by atoms with Crippen molar-refractivity contribution >= 4 is 11.8 Å². The van der Waals surface area contributed by atoms with E-state index in [-0.39, 0.29) is 49.2 Å². The Balaban J connectivity index is 1.63. The van der Waals surface area contributed by atoms with Crippen LogP contribution in [0.3, 0.4) is 0 Å². The van der Waals surface area contributed by atoms with Crippen LogP contribution in [-0.2, 0) is 22.7 Å². The van der Waals surface area contributed by atoms with E-state index in [4.69, 9.17) is 4.42 Å². The predicted octanol–water partition coefficient (Wildman–Crippen LogP) is 3.19. The fourth-order valence-corrected chi connectivity index (χ4v) is 3.18. The van der Waals surface area contributed by atoms with E-state index >= 15 is 0 Å². The summed E-state index contributed by atoms with van der Waals surface area (Å²) in [6.45, 7) is 0.457. The van der Waals surface area contributed by atoms with E-state index in [0.29, 0.717) is 5.76 Å². The van der Waals surface area contributed by atoms with Crippen molar-refractivity contribution < 1.29 is 31.9 Å². The number of hydrogen-bond donors (Lipinski definition) is 0. The molecule has 150 valence electrons. The minimum absolute atomic E-state index is 0.0601. The van der Waals surface area contributed by atoms with E-state index in [2.05, 4.69) is 4.74 Å². The third-order valence-corrected chi connectivity index (χ3v) is 4.47. The molecule has 1 aromatic heterocycles. The number of rotatable bonds is 6. The molecule has 6 nitrogen and oxygen atoms in total. The number of furan rings is 1. The fourth-order valence-electron chi connectivity index (χ4n) is 3.18. The summed E-state index contributed by atoms with van der Waals surface area (Å²) in [5.74, 6) is -0.756. The van der Waals surface area contributed by atoms with Crippen molar-refractivity contribution in [3.05, 3.63) is 54.0 Å². The molecule has 0 aliphatic carbocycles. The van der Waals surface area contributed by atoms with Gasteiger partial charge in [0.2, 0.25) is 11.8 Å². The Labute approximate surface area is 159 Å².